The van der Waals surface area contributed by atoms with Gasteiger partial charge < -0.3 is 4.90 Å². The van der Waals surface area contributed by atoms with E-state index in [0.717, 1.165) is 45.6 Å². The van der Waals surface area contributed by atoms with E-state index in [1.165, 1.54) is 16.7 Å². The van der Waals surface area contributed by atoms with Crippen LogP contribution in [0, 0.1) is 19.8 Å². The zero-order valence-corrected chi connectivity index (χ0v) is 14.6. The van der Waals surface area contributed by atoms with Gasteiger partial charge in [0.1, 0.15) is 0 Å². The predicted molar refractivity (Wildman–Crippen MR) is 91.8 cm³/mol. The van der Waals surface area contributed by atoms with E-state index in [9.17, 15) is 4.79 Å². The quantitative estimate of drug-likeness (QED) is 0.832. The number of aryl methyl sites for hydroxylation is 2. The van der Waals surface area contributed by atoms with Gasteiger partial charge in [0.15, 0.2) is 0 Å². The first-order chi connectivity index (χ1) is 10.5. The zero-order valence-electron chi connectivity index (χ0n) is 14.6. The number of rotatable bonds is 5. The molecule has 0 spiro atoms. The van der Waals surface area contributed by atoms with Crippen LogP contribution >= 0.6 is 0 Å². The summed E-state index contributed by atoms with van der Waals surface area (Å²) in [5.74, 6) is 0.523. The van der Waals surface area contributed by atoms with Gasteiger partial charge in [-0.1, -0.05) is 23.8 Å². The second kappa shape index (κ2) is 7.77. The van der Waals surface area contributed by atoms with Crippen molar-refractivity contribution >= 4 is 5.91 Å². The number of hydrogen-bond acceptors (Lipinski definition) is 2. The minimum absolute atomic E-state index is 0.180. The second-order valence-corrected chi connectivity index (χ2v) is 6.51. The molecule has 0 bridgehead atoms. The van der Waals surface area contributed by atoms with Crippen molar-refractivity contribution in [1.82, 2.24) is 9.80 Å². The Morgan fingerprint density at radius 2 is 2.00 bits per heavy atom. The standard InChI is InChI=1S/C19H30N2O/c1-5-21(6-2)19(22)18-8-7-11-20(14-18)13-17-10-9-15(3)12-16(17)4/h9-10,12,18H,5-8,11,13-14H2,1-4H3. The molecule has 1 aromatic rings. The average Bonchev–Trinajstić information content (AvgIpc) is 2.51. The molecule has 0 aromatic heterocycles. The molecule has 1 aliphatic rings. The molecular weight excluding hydrogens is 272 g/mol. The van der Waals surface area contributed by atoms with Crippen LogP contribution in [0.15, 0.2) is 18.2 Å². The summed E-state index contributed by atoms with van der Waals surface area (Å²) in [4.78, 5) is 17.0. The molecule has 22 heavy (non-hydrogen) atoms. The summed E-state index contributed by atoms with van der Waals surface area (Å²) in [5.41, 5.74) is 4.06. The molecule has 1 aromatic carbocycles. The molecule has 1 aliphatic heterocycles. The van der Waals surface area contributed by atoms with Crippen LogP contribution in [0.3, 0.4) is 0 Å². The maximum absolute atomic E-state index is 12.6. The van der Waals surface area contributed by atoms with Gasteiger partial charge in [0.25, 0.3) is 0 Å². The van der Waals surface area contributed by atoms with Crippen molar-refractivity contribution < 1.29 is 4.79 Å². The Bertz CT molecular complexity index is 508. The Morgan fingerprint density at radius 1 is 1.27 bits per heavy atom. The molecule has 2 rings (SSSR count). The SMILES string of the molecule is CCN(CC)C(=O)C1CCCN(Cc2ccc(C)cc2C)C1. The lowest BCUT2D eigenvalue weighted by molar-refractivity contribution is -0.137. The predicted octanol–water partition coefficient (Wildman–Crippen LogP) is 3.38. The Morgan fingerprint density at radius 3 is 2.64 bits per heavy atom. The highest BCUT2D eigenvalue weighted by molar-refractivity contribution is 5.79. The highest BCUT2D eigenvalue weighted by atomic mass is 16.2. The molecule has 0 N–H and O–H groups in total. The maximum atomic E-state index is 12.6. The van der Waals surface area contributed by atoms with Gasteiger partial charge in [0.05, 0.1) is 5.92 Å². The number of amides is 1. The van der Waals surface area contributed by atoms with Gasteiger partial charge in [-0.05, 0) is 58.2 Å². The molecule has 0 radical (unpaired) electrons. The summed E-state index contributed by atoms with van der Waals surface area (Å²) in [6, 6.07) is 6.67. The summed E-state index contributed by atoms with van der Waals surface area (Å²) in [6.45, 7) is 13.1. The Kier molecular flexibility index (Phi) is 6.01. The summed E-state index contributed by atoms with van der Waals surface area (Å²) >= 11 is 0. The monoisotopic (exact) mass is 302 g/mol. The minimum atomic E-state index is 0.180. The van der Waals surface area contributed by atoms with Crippen LogP contribution in [-0.4, -0.2) is 41.9 Å². The Hall–Kier alpha value is -1.35. The van der Waals surface area contributed by atoms with Crippen LogP contribution in [0.5, 0.6) is 0 Å². The van der Waals surface area contributed by atoms with E-state index in [1.807, 2.05) is 4.90 Å². The number of piperidine rings is 1. The van der Waals surface area contributed by atoms with Gasteiger partial charge in [0, 0.05) is 26.2 Å². The van der Waals surface area contributed by atoms with E-state index in [1.54, 1.807) is 0 Å². The number of carbonyl (C=O) groups excluding carboxylic acids is 1. The van der Waals surface area contributed by atoms with Crippen molar-refractivity contribution in [1.29, 1.82) is 0 Å². The Balaban J connectivity index is 2.00. The molecule has 0 saturated carbocycles. The fourth-order valence-corrected chi connectivity index (χ4v) is 3.46. The van der Waals surface area contributed by atoms with Crippen LogP contribution < -0.4 is 0 Å². The van der Waals surface area contributed by atoms with Gasteiger partial charge in [0.2, 0.25) is 5.91 Å². The molecule has 3 nitrogen and oxygen atoms in total. The third-order valence-corrected chi connectivity index (χ3v) is 4.82. The third-order valence-electron chi connectivity index (χ3n) is 4.82. The smallest absolute Gasteiger partial charge is 0.226 e. The van der Waals surface area contributed by atoms with Crippen molar-refractivity contribution in [3.63, 3.8) is 0 Å². The first-order valence-corrected chi connectivity index (χ1v) is 8.62. The molecule has 1 saturated heterocycles. The van der Waals surface area contributed by atoms with Crippen molar-refractivity contribution in [2.24, 2.45) is 5.92 Å². The summed E-state index contributed by atoms with van der Waals surface area (Å²) in [5, 5.41) is 0. The zero-order chi connectivity index (χ0) is 16.1. The Labute approximate surface area is 135 Å². The van der Waals surface area contributed by atoms with Crippen LogP contribution in [0.25, 0.3) is 0 Å². The number of likely N-dealkylation sites (tertiary alicyclic amines) is 1. The first-order valence-electron chi connectivity index (χ1n) is 8.62. The molecule has 0 aliphatic carbocycles. The number of carbonyl (C=O) groups is 1. The lowest BCUT2D eigenvalue weighted by Crippen LogP contribution is -2.44. The lowest BCUT2D eigenvalue weighted by atomic mass is 9.95. The van der Waals surface area contributed by atoms with E-state index in [4.69, 9.17) is 0 Å². The van der Waals surface area contributed by atoms with Gasteiger partial charge in [-0.2, -0.15) is 0 Å². The molecule has 1 unspecified atom stereocenters. The van der Waals surface area contributed by atoms with E-state index >= 15 is 0 Å². The minimum Gasteiger partial charge on any atom is -0.343 e. The second-order valence-electron chi connectivity index (χ2n) is 6.51. The van der Waals surface area contributed by atoms with Crippen molar-refractivity contribution in [2.75, 3.05) is 26.2 Å². The summed E-state index contributed by atoms with van der Waals surface area (Å²) in [6.07, 6.45) is 2.17. The summed E-state index contributed by atoms with van der Waals surface area (Å²) < 4.78 is 0. The van der Waals surface area contributed by atoms with E-state index in [-0.39, 0.29) is 5.92 Å². The van der Waals surface area contributed by atoms with Gasteiger partial charge in [-0.3, -0.25) is 9.69 Å². The van der Waals surface area contributed by atoms with Gasteiger partial charge in [-0.15, -0.1) is 0 Å². The third kappa shape index (κ3) is 4.10. The lowest BCUT2D eigenvalue weighted by Gasteiger charge is -2.34. The molecule has 1 fully saturated rings. The van der Waals surface area contributed by atoms with Crippen molar-refractivity contribution in [3.8, 4) is 0 Å². The van der Waals surface area contributed by atoms with Crippen molar-refractivity contribution in [3.05, 3.63) is 34.9 Å². The van der Waals surface area contributed by atoms with Gasteiger partial charge in [-0.25, -0.2) is 0 Å². The van der Waals surface area contributed by atoms with E-state index < -0.39 is 0 Å². The molecule has 122 valence electrons. The van der Waals surface area contributed by atoms with Crippen LogP contribution in [-0.2, 0) is 11.3 Å². The van der Waals surface area contributed by atoms with Crippen molar-refractivity contribution in [2.45, 2.75) is 47.1 Å². The van der Waals surface area contributed by atoms with Gasteiger partial charge >= 0.3 is 0 Å². The molecule has 1 amide bonds. The molecule has 1 heterocycles. The topological polar surface area (TPSA) is 23.6 Å². The summed E-state index contributed by atoms with van der Waals surface area (Å²) in [7, 11) is 0. The highest BCUT2D eigenvalue weighted by Crippen LogP contribution is 2.22. The van der Waals surface area contributed by atoms with Crippen LogP contribution in [0.2, 0.25) is 0 Å². The molecule has 3 heteroatoms. The fraction of sp³-hybridized carbons (Fsp3) is 0.632. The molecular formula is C19H30N2O. The van der Waals surface area contributed by atoms with Crippen LogP contribution in [0.4, 0.5) is 0 Å². The fourth-order valence-electron chi connectivity index (χ4n) is 3.46. The largest absolute Gasteiger partial charge is 0.343 e. The number of benzene rings is 1. The van der Waals surface area contributed by atoms with E-state index in [0.29, 0.717) is 5.91 Å². The van der Waals surface area contributed by atoms with E-state index in [2.05, 4.69) is 50.8 Å². The normalized spacial score (nSPS) is 19.2. The first kappa shape index (κ1) is 17.0. The number of nitrogens with zero attached hydrogens (tertiary/aromatic N) is 2. The van der Waals surface area contributed by atoms with Crippen LogP contribution in [0.1, 0.15) is 43.4 Å². The highest BCUT2D eigenvalue weighted by Gasteiger charge is 2.28. The maximum Gasteiger partial charge on any atom is 0.226 e. The number of hydrogen-bond donors (Lipinski definition) is 0. The molecule has 1 atom stereocenters. The average molecular weight is 302 g/mol.